The third-order valence-electron chi connectivity index (χ3n) is 2.59. The van der Waals surface area contributed by atoms with Gasteiger partial charge in [-0.25, -0.2) is 4.39 Å². The molecule has 0 aliphatic heterocycles. The van der Waals surface area contributed by atoms with E-state index in [-0.39, 0.29) is 12.0 Å². The molecule has 2 nitrogen and oxygen atoms in total. The van der Waals surface area contributed by atoms with Crippen LogP contribution in [0.25, 0.3) is 0 Å². The quantitative estimate of drug-likeness (QED) is 0.925. The molecule has 0 saturated heterocycles. The predicted molar refractivity (Wildman–Crippen MR) is 72.0 cm³/mol. The Bertz CT molecular complexity index is 564. The first-order chi connectivity index (χ1) is 8.58. The molecule has 0 spiro atoms. The van der Waals surface area contributed by atoms with E-state index >= 15 is 0 Å². The molecular formula is C13H10BrClFNO. The first-order valence-corrected chi connectivity index (χ1v) is 6.46. The number of hydrogen-bond donors (Lipinski definition) is 1. The Balaban J connectivity index is 2.22. The number of aliphatic hydroxyl groups is 1. The van der Waals surface area contributed by atoms with Gasteiger partial charge in [0.25, 0.3) is 0 Å². The number of halogens is 3. The van der Waals surface area contributed by atoms with E-state index in [1.165, 1.54) is 12.3 Å². The highest BCUT2D eigenvalue weighted by Gasteiger charge is 2.15. The normalized spacial score (nSPS) is 12.4. The zero-order valence-electron chi connectivity index (χ0n) is 9.28. The van der Waals surface area contributed by atoms with Crippen LogP contribution >= 0.6 is 27.5 Å². The standard InChI is InChI=1S/C13H10BrClFNO/c14-9-1-2-10(12(16)6-9)13(18)5-8-3-4-17-7-11(8)15/h1-4,6-7,13,18H,5H2. The summed E-state index contributed by atoms with van der Waals surface area (Å²) in [6, 6.07) is 6.28. The first-order valence-electron chi connectivity index (χ1n) is 5.29. The number of aromatic nitrogens is 1. The molecule has 1 aromatic carbocycles. The Morgan fingerprint density at radius 1 is 1.39 bits per heavy atom. The Labute approximate surface area is 118 Å². The lowest BCUT2D eigenvalue weighted by Gasteiger charge is -2.13. The third kappa shape index (κ3) is 3.07. The molecule has 0 aliphatic rings. The van der Waals surface area contributed by atoms with Crippen LogP contribution in [0, 0.1) is 5.82 Å². The summed E-state index contributed by atoms with van der Waals surface area (Å²) in [5, 5.41) is 10.5. The predicted octanol–water partition coefficient (Wildman–Crippen LogP) is 3.91. The van der Waals surface area contributed by atoms with Crippen LogP contribution < -0.4 is 0 Å². The van der Waals surface area contributed by atoms with Crippen molar-refractivity contribution in [1.82, 2.24) is 4.98 Å². The van der Waals surface area contributed by atoms with Crippen molar-refractivity contribution in [3.63, 3.8) is 0 Å². The molecule has 0 amide bonds. The summed E-state index contributed by atoms with van der Waals surface area (Å²) >= 11 is 9.12. The van der Waals surface area contributed by atoms with Crippen LogP contribution in [0.3, 0.4) is 0 Å². The van der Waals surface area contributed by atoms with Crippen LogP contribution in [-0.2, 0) is 6.42 Å². The van der Waals surface area contributed by atoms with Gasteiger partial charge in [0.2, 0.25) is 0 Å². The van der Waals surface area contributed by atoms with Crippen molar-refractivity contribution < 1.29 is 9.50 Å². The highest BCUT2D eigenvalue weighted by Crippen LogP contribution is 2.26. The van der Waals surface area contributed by atoms with Gasteiger partial charge in [-0.3, -0.25) is 4.98 Å². The molecule has 5 heteroatoms. The van der Waals surface area contributed by atoms with Crippen LogP contribution in [0.1, 0.15) is 17.2 Å². The van der Waals surface area contributed by atoms with Crippen molar-refractivity contribution in [2.75, 3.05) is 0 Å². The molecule has 2 aromatic rings. The number of benzene rings is 1. The van der Waals surface area contributed by atoms with Crippen molar-refractivity contribution in [2.45, 2.75) is 12.5 Å². The zero-order valence-corrected chi connectivity index (χ0v) is 11.6. The minimum atomic E-state index is -0.932. The summed E-state index contributed by atoms with van der Waals surface area (Å²) in [7, 11) is 0. The van der Waals surface area contributed by atoms with E-state index in [9.17, 15) is 9.50 Å². The number of nitrogens with zero attached hydrogens (tertiary/aromatic N) is 1. The maximum absolute atomic E-state index is 13.7. The maximum Gasteiger partial charge on any atom is 0.130 e. The number of hydrogen-bond acceptors (Lipinski definition) is 2. The topological polar surface area (TPSA) is 33.1 Å². The van der Waals surface area contributed by atoms with Gasteiger partial charge in [-0.05, 0) is 23.8 Å². The summed E-state index contributed by atoms with van der Waals surface area (Å²) < 4.78 is 14.3. The highest BCUT2D eigenvalue weighted by molar-refractivity contribution is 9.10. The summed E-state index contributed by atoms with van der Waals surface area (Å²) in [6.07, 6.45) is 2.41. The van der Waals surface area contributed by atoms with E-state index in [4.69, 9.17) is 11.6 Å². The monoisotopic (exact) mass is 329 g/mol. The number of aliphatic hydroxyl groups excluding tert-OH is 1. The van der Waals surface area contributed by atoms with Gasteiger partial charge in [-0.2, -0.15) is 0 Å². The molecule has 18 heavy (non-hydrogen) atoms. The fourth-order valence-electron chi connectivity index (χ4n) is 1.66. The molecule has 0 saturated carbocycles. The van der Waals surface area contributed by atoms with Crippen LogP contribution in [0.2, 0.25) is 5.02 Å². The molecule has 94 valence electrons. The summed E-state index contributed by atoms with van der Waals surface area (Å²) in [5.41, 5.74) is 0.993. The summed E-state index contributed by atoms with van der Waals surface area (Å²) in [6.45, 7) is 0. The zero-order chi connectivity index (χ0) is 13.1. The van der Waals surface area contributed by atoms with Gasteiger partial charge in [-0.15, -0.1) is 0 Å². The van der Waals surface area contributed by atoms with E-state index in [1.54, 1.807) is 24.4 Å². The Kier molecular flexibility index (Phi) is 4.32. The summed E-state index contributed by atoms with van der Waals surface area (Å²) in [5.74, 6) is -0.443. The van der Waals surface area contributed by atoms with Crippen LogP contribution in [0.5, 0.6) is 0 Å². The first kappa shape index (κ1) is 13.5. The second-order valence-corrected chi connectivity index (χ2v) is 5.18. The van der Waals surface area contributed by atoms with Gasteiger partial charge < -0.3 is 5.11 Å². The smallest absolute Gasteiger partial charge is 0.130 e. The fourth-order valence-corrected chi connectivity index (χ4v) is 2.19. The van der Waals surface area contributed by atoms with Gasteiger partial charge in [-0.1, -0.05) is 33.6 Å². The van der Waals surface area contributed by atoms with Crippen molar-refractivity contribution >= 4 is 27.5 Å². The molecule has 0 aliphatic carbocycles. The molecule has 0 bridgehead atoms. The second-order valence-electron chi connectivity index (χ2n) is 3.85. The molecule has 0 fully saturated rings. The SMILES string of the molecule is OC(Cc1ccncc1Cl)c1ccc(Br)cc1F. The Morgan fingerprint density at radius 3 is 2.83 bits per heavy atom. The lowest BCUT2D eigenvalue weighted by atomic mass is 10.0. The van der Waals surface area contributed by atoms with Gasteiger partial charge in [0.1, 0.15) is 5.82 Å². The molecule has 2 rings (SSSR count). The van der Waals surface area contributed by atoms with Crippen LogP contribution in [-0.4, -0.2) is 10.1 Å². The molecular weight excluding hydrogens is 321 g/mol. The average molecular weight is 331 g/mol. The number of pyridine rings is 1. The molecule has 1 heterocycles. The van der Waals surface area contributed by atoms with E-state index in [2.05, 4.69) is 20.9 Å². The van der Waals surface area contributed by atoms with E-state index < -0.39 is 11.9 Å². The lowest BCUT2D eigenvalue weighted by Crippen LogP contribution is -2.05. The number of rotatable bonds is 3. The highest BCUT2D eigenvalue weighted by atomic mass is 79.9. The minimum Gasteiger partial charge on any atom is -0.388 e. The average Bonchev–Trinajstić information content (AvgIpc) is 2.32. The Hall–Kier alpha value is -0.970. The minimum absolute atomic E-state index is 0.250. The van der Waals surface area contributed by atoms with Crippen molar-refractivity contribution in [1.29, 1.82) is 0 Å². The maximum atomic E-state index is 13.7. The van der Waals surface area contributed by atoms with E-state index in [0.717, 1.165) is 5.56 Å². The van der Waals surface area contributed by atoms with Crippen LogP contribution in [0.4, 0.5) is 4.39 Å². The molecule has 1 atom stereocenters. The van der Waals surface area contributed by atoms with E-state index in [0.29, 0.717) is 9.50 Å². The molecule has 1 unspecified atom stereocenters. The lowest BCUT2D eigenvalue weighted by molar-refractivity contribution is 0.173. The van der Waals surface area contributed by atoms with Crippen molar-refractivity contribution in [2.24, 2.45) is 0 Å². The summed E-state index contributed by atoms with van der Waals surface area (Å²) in [4.78, 5) is 3.86. The van der Waals surface area contributed by atoms with Crippen molar-refractivity contribution in [3.05, 3.63) is 63.1 Å². The van der Waals surface area contributed by atoms with Gasteiger partial charge >= 0.3 is 0 Å². The van der Waals surface area contributed by atoms with Crippen molar-refractivity contribution in [3.8, 4) is 0 Å². The van der Waals surface area contributed by atoms with Gasteiger partial charge in [0.15, 0.2) is 0 Å². The Morgan fingerprint density at radius 2 is 2.17 bits per heavy atom. The second kappa shape index (κ2) is 5.78. The van der Waals surface area contributed by atoms with E-state index in [1.807, 2.05) is 0 Å². The molecule has 1 N–H and O–H groups in total. The van der Waals surface area contributed by atoms with Gasteiger partial charge in [0, 0.05) is 28.9 Å². The van der Waals surface area contributed by atoms with Crippen LogP contribution in [0.15, 0.2) is 41.1 Å². The van der Waals surface area contributed by atoms with Gasteiger partial charge in [0.05, 0.1) is 11.1 Å². The molecule has 0 radical (unpaired) electrons. The largest absolute Gasteiger partial charge is 0.388 e. The third-order valence-corrected chi connectivity index (χ3v) is 3.42. The fraction of sp³-hybridized carbons (Fsp3) is 0.154. The molecule has 1 aromatic heterocycles.